The van der Waals surface area contributed by atoms with Crippen LogP contribution in [-0.2, 0) is 0 Å². The average Bonchev–Trinajstić information content (AvgIpc) is 3.34. The number of hydrogen-bond donors (Lipinski definition) is 2. The van der Waals surface area contributed by atoms with Crippen LogP contribution in [0.3, 0.4) is 0 Å². The molecule has 27 heavy (non-hydrogen) atoms. The van der Waals surface area contributed by atoms with Gasteiger partial charge in [0.05, 0.1) is 17.9 Å². The summed E-state index contributed by atoms with van der Waals surface area (Å²) in [7, 11) is 0. The Bertz CT molecular complexity index is 1220. The Balaban J connectivity index is 1.63. The zero-order valence-corrected chi connectivity index (χ0v) is 14.5. The van der Waals surface area contributed by atoms with Crippen LogP contribution in [0.25, 0.3) is 28.0 Å². The molecule has 0 bridgehead atoms. The van der Waals surface area contributed by atoms with E-state index >= 15 is 0 Å². The molecule has 0 aliphatic carbocycles. The van der Waals surface area contributed by atoms with Crippen molar-refractivity contribution in [1.29, 1.82) is 0 Å². The van der Waals surface area contributed by atoms with Crippen LogP contribution in [0.4, 0.5) is 5.82 Å². The molecule has 1 aromatic carbocycles. The SMILES string of the molecule is C[C@H](Nc1ncnc2nc[nH]c12)c1nc2ncccc2n1-c1ccccc1. The quantitative estimate of drug-likeness (QED) is 0.513. The summed E-state index contributed by atoms with van der Waals surface area (Å²) in [5.41, 5.74) is 4.09. The number of imidazole rings is 2. The molecule has 0 aliphatic rings. The number of H-pyrrole nitrogens is 1. The molecule has 4 aromatic heterocycles. The lowest BCUT2D eigenvalue weighted by Gasteiger charge is -2.17. The van der Waals surface area contributed by atoms with Gasteiger partial charge in [0.1, 0.15) is 17.7 Å². The molecule has 2 N–H and O–H groups in total. The summed E-state index contributed by atoms with van der Waals surface area (Å²) >= 11 is 0. The molecule has 5 rings (SSSR count). The van der Waals surface area contributed by atoms with Crippen molar-refractivity contribution in [3.05, 3.63) is 67.1 Å². The lowest BCUT2D eigenvalue weighted by molar-refractivity contribution is 0.769. The molecule has 5 aromatic rings. The smallest absolute Gasteiger partial charge is 0.182 e. The van der Waals surface area contributed by atoms with Crippen LogP contribution in [0.2, 0.25) is 0 Å². The Kier molecular flexibility index (Phi) is 3.53. The van der Waals surface area contributed by atoms with Crippen LogP contribution < -0.4 is 5.32 Å². The minimum Gasteiger partial charge on any atom is -0.358 e. The maximum absolute atomic E-state index is 4.77. The molecule has 0 aliphatic heterocycles. The fourth-order valence-electron chi connectivity index (χ4n) is 3.21. The van der Waals surface area contributed by atoms with E-state index in [0.717, 1.165) is 22.5 Å². The zero-order valence-electron chi connectivity index (χ0n) is 14.5. The predicted octanol–water partition coefficient (Wildman–Crippen LogP) is 3.26. The first kappa shape index (κ1) is 15.4. The van der Waals surface area contributed by atoms with Crippen LogP contribution in [0.15, 0.2) is 61.3 Å². The third-order valence-electron chi connectivity index (χ3n) is 4.43. The molecule has 0 amide bonds. The minimum atomic E-state index is -0.124. The lowest BCUT2D eigenvalue weighted by atomic mass is 10.2. The second kappa shape index (κ2) is 6.17. The number of hydrogen-bond acceptors (Lipinski definition) is 6. The molecule has 4 heterocycles. The van der Waals surface area contributed by atoms with Gasteiger partial charge in [-0.05, 0) is 31.2 Å². The van der Waals surface area contributed by atoms with Crippen molar-refractivity contribution in [2.45, 2.75) is 13.0 Å². The van der Waals surface area contributed by atoms with E-state index < -0.39 is 0 Å². The first-order valence-electron chi connectivity index (χ1n) is 8.60. The summed E-state index contributed by atoms with van der Waals surface area (Å²) in [4.78, 5) is 25.0. The van der Waals surface area contributed by atoms with E-state index in [9.17, 15) is 0 Å². The molecular weight excluding hydrogens is 340 g/mol. The lowest BCUT2D eigenvalue weighted by Crippen LogP contribution is -2.14. The van der Waals surface area contributed by atoms with E-state index in [4.69, 9.17) is 4.98 Å². The highest BCUT2D eigenvalue weighted by molar-refractivity contribution is 5.82. The molecule has 0 radical (unpaired) electrons. The van der Waals surface area contributed by atoms with E-state index in [-0.39, 0.29) is 6.04 Å². The second-order valence-corrected chi connectivity index (χ2v) is 6.18. The largest absolute Gasteiger partial charge is 0.358 e. The molecule has 8 nitrogen and oxygen atoms in total. The van der Waals surface area contributed by atoms with Gasteiger partial charge in [-0.3, -0.25) is 4.57 Å². The Hall–Kier alpha value is -3.81. The van der Waals surface area contributed by atoms with Gasteiger partial charge in [0.15, 0.2) is 17.1 Å². The summed E-state index contributed by atoms with van der Waals surface area (Å²) in [5, 5.41) is 3.42. The number of pyridine rings is 1. The van der Waals surface area contributed by atoms with Gasteiger partial charge >= 0.3 is 0 Å². The summed E-state index contributed by atoms with van der Waals surface area (Å²) in [5.74, 6) is 1.53. The number of nitrogens with one attached hydrogen (secondary N) is 2. The molecule has 0 fully saturated rings. The van der Waals surface area contributed by atoms with E-state index in [1.807, 2.05) is 37.3 Å². The van der Waals surface area contributed by atoms with Crippen LogP contribution in [-0.4, -0.2) is 34.5 Å². The van der Waals surface area contributed by atoms with Crippen molar-refractivity contribution in [1.82, 2.24) is 34.5 Å². The first-order valence-corrected chi connectivity index (χ1v) is 8.60. The van der Waals surface area contributed by atoms with Crippen LogP contribution in [0.5, 0.6) is 0 Å². The number of fused-ring (bicyclic) bond motifs is 2. The highest BCUT2D eigenvalue weighted by Crippen LogP contribution is 2.27. The molecule has 0 spiro atoms. The highest BCUT2D eigenvalue weighted by Gasteiger charge is 2.20. The average molecular weight is 356 g/mol. The first-order chi connectivity index (χ1) is 13.3. The van der Waals surface area contributed by atoms with Gasteiger partial charge in [-0.1, -0.05) is 18.2 Å². The zero-order chi connectivity index (χ0) is 18.2. The van der Waals surface area contributed by atoms with Crippen LogP contribution in [0, 0.1) is 0 Å². The number of aromatic amines is 1. The number of benzene rings is 1. The van der Waals surface area contributed by atoms with Crippen molar-refractivity contribution in [3.8, 4) is 5.69 Å². The van der Waals surface area contributed by atoms with Gasteiger partial charge in [-0.15, -0.1) is 0 Å². The third kappa shape index (κ3) is 2.58. The fraction of sp³-hybridized carbons (Fsp3) is 0.105. The standard InChI is InChI=1S/C19H16N8/c1-12(25-18-15-17(22-10-21-15)23-11-24-18)19-26-16-14(8-5-9-20-16)27(19)13-6-3-2-4-7-13/h2-12H,1H3,(H2,21,22,23,24,25)/t12-/m0/s1. The van der Waals surface area contributed by atoms with Crippen molar-refractivity contribution < 1.29 is 0 Å². The Morgan fingerprint density at radius 1 is 0.963 bits per heavy atom. The second-order valence-electron chi connectivity index (χ2n) is 6.18. The molecule has 0 saturated carbocycles. The Morgan fingerprint density at radius 3 is 2.74 bits per heavy atom. The topological polar surface area (TPSA) is 97.2 Å². The maximum atomic E-state index is 4.77. The maximum Gasteiger partial charge on any atom is 0.182 e. The predicted molar refractivity (Wildman–Crippen MR) is 103 cm³/mol. The number of para-hydroxylation sites is 1. The van der Waals surface area contributed by atoms with Crippen LogP contribution in [0.1, 0.15) is 18.8 Å². The van der Waals surface area contributed by atoms with E-state index in [2.05, 4.69) is 46.9 Å². The van der Waals surface area contributed by atoms with Gasteiger partial charge < -0.3 is 10.3 Å². The van der Waals surface area contributed by atoms with Gasteiger partial charge in [0, 0.05) is 11.9 Å². The summed E-state index contributed by atoms with van der Waals surface area (Å²) in [6, 6.07) is 14.0. The fourth-order valence-corrected chi connectivity index (χ4v) is 3.21. The van der Waals surface area contributed by atoms with Crippen molar-refractivity contribution in [2.24, 2.45) is 0 Å². The molecule has 0 saturated heterocycles. The van der Waals surface area contributed by atoms with Crippen molar-refractivity contribution in [2.75, 3.05) is 5.32 Å². The van der Waals surface area contributed by atoms with E-state index in [1.165, 1.54) is 6.33 Å². The van der Waals surface area contributed by atoms with Gasteiger partial charge in [-0.25, -0.2) is 24.9 Å². The summed E-state index contributed by atoms with van der Waals surface area (Å²) in [6.07, 6.45) is 4.86. The molecule has 1 atom stereocenters. The molecule has 0 unspecified atom stereocenters. The molecule has 8 heteroatoms. The number of rotatable bonds is 4. The van der Waals surface area contributed by atoms with Gasteiger partial charge in [-0.2, -0.15) is 0 Å². The monoisotopic (exact) mass is 356 g/mol. The third-order valence-corrected chi connectivity index (χ3v) is 4.43. The molecular formula is C19H16N8. The van der Waals surface area contributed by atoms with Crippen molar-refractivity contribution in [3.63, 3.8) is 0 Å². The molecule has 132 valence electrons. The van der Waals surface area contributed by atoms with Gasteiger partial charge in [0.25, 0.3) is 0 Å². The van der Waals surface area contributed by atoms with Crippen molar-refractivity contribution >= 4 is 28.1 Å². The van der Waals surface area contributed by atoms with E-state index in [1.54, 1.807) is 12.5 Å². The van der Waals surface area contributed by atoms with Crippen LogP contribution >= 0.6 is 0 Å². The Labute approximate surface area is 154 Å². The number of nitrogens with zero attached hydrogens (tertiary/aromatic N) is 6. The minimum absolute atomic E-state index is 0.124. The Morgan fingerprint density at radius 2 is 1.85 bits per heavy atom. The number of anilines is 1. The van der Waals surface area contributed by atoms with Gasteiger partial charge in [0.2, 0.25) is 0 Å². The number of aromatic nitrogens is 7. The van der Waals surface area contributed by atoms with E-state index in [0.29, 0.717) is 17.1 Å². The summed E-state index contributed by atoms with van der Waals surface area (Å²) < 4.78 is 2.12. The normalized spacial score (nSPS) is 12.5. The summed E-state index contributed by atoms with van der Waals surface area (Å²) in [6.45, 7) is 2.05. The highest BCUT2D eigenvalue weighted by atomic mass is 15.2.